The molecule has 1 saturated heterocycles. The quantitative estimate of drug-likeness (QED) is 0.860. The number of hydrogen-bond donors (Lipinski definition) is 2. The molecule has 4 nitrogen and oxygen atoms in total. The van der Waals surface area contributed by atoms with Crippen LogP contribution >= 0.6 is 12.4 Å². The van der Waals surface area contributed by atoms with E-state index in [0.717, 1.165) is 6.07 Å². The van der Waals surface area contributed by atoms with Crippen molar-refractivity contribution in [2.45, 2.75) is 38.0 Å². The van der Waals surface area contributed by atoms with Crippen LogP contribution in [0.3, 0.4) is 0 Å². The van der Waals surface area contributed by atoms with Crippen LogP contribution in [0.2, 0.25) is 0 Å². The molecule has 1 amide bonds. The Morgan fingerprint density at radius 3 is 2.46 bits per heavy atom. The maximum absolute atomic E-state index is 13.0. The van der Waals surface area contributed by atoms with Crippen molar-refractivity contribution < 1.29 is 22.7 Å². The van der Waals surface area contributed by atoms with E-state index in [9.17, 15) is 18.0 Å². The van der Waals surface area contributed by atoms with Gasteiger partial charge >= 0.3 is 6.18 Å². The van der Waals surface area contributed by atoms with E-state index >= 15 is 0 Å². The number of ether oxygens (including phenoxy) is 1. The number of alkyl halides is 3. The predicted octanol–water partition coefficient (Wildman–Crippen LogP) is 3.06. The average Bonchev–Trinajstić information content (AvgIpc) is 2.54. The lowest BCUT2D eigenvalue weighted by molar-refractivity contribution is -0.139. The van der Waals surface area contributed by atoms with E-state index in [-0.39, 0.29) is 23.9 Å². The Kier molecular flexibility index (Phi) is 7.51. The topological polar surface area (TPSA) is 64.4 Å². The molecule has 0 radical (unpaired) electrons. The molecule has 136 valence electrons. The summed E-state index contributed by atoms with van der Waals surface area (Å²) < 4.78 is 44.4. The number of nitrogens with one attached hydrogen (secondary N) is 1. The Morgan fingerprint density at radius 2 is 1.88 bits per heavy atom. The number of amides is 1. The van der Waals surface area contributed by atoms with Gasteiger partial charge in [-0.2, -0.15) is 13.2 Å². The lowest BCUT2D eigenvalue weighted by atomic mass is 9.91. The predicted molar refractivity (Wildman–Crippen MR) is 86.8 cm³/mol. The van der Waals surface area contributed by atoms with Crippen molar-refractivity contribution in [1.82, 2.24) is 5.32 Å². The summed E-state index contributed by atoms with van der Waals surface area (Å²) in [6, 6.07) is 3.72. The molecule has 1 aromatic rings. The Balaban J connectivity index is 0.00000288. The third-order valence-corrected chi connectivity index (χ3v) is 4.17. The summed E-state index contributed by atoms with van der Waals surface area (Å²) in [5.74, 6) is -0.435. The van der Waals surface area contributed by atoms with E-state index in [1.807, 2.05) is 0 Å². The lowest BCUT2D eigenvalue weighted by Crippen LogP contribution is -2.47. The third-order valence-electron chi connectivity index (χ3n) is 4.17. The van der Waals surface area contributed by atoms with Crippen molar-refractivity contribution >= 4 is 18.3 Å². The van der Waals surface area contributed by atoms with Crippen LogP contribution in [0.25, 0.3) is 0 Å². The van der Waals surface area contributed by atoms with Crippen molar-refractivity contribution in [3.63, 3.8) is 0 Å². The zero-order chi connectivity index (χ0) is 17.0. The van der Waals surface area contributed by atoms with Crippen LogP contribution in [-0.4, -0.2) is 25.2 Å². The van der Waals surface area contributed by atoms with Gasteiger partial charge in [-0.05, 0) is 37.3 Å². The summed E-state index contributed by atoms with van der Waals surface area (Å²) in [5.41, 5.74) is 5.24. The van der Waals surface area contributed by atoms with Gasteiger partial charge in [0.05, 0.1) is 17.6 Å². The highest BCUT2D eigenvalue weighted by Crippen LogP contribution is 2.34. The van der Waals surface area contributed by atoms with Crippen LogP contribution < -0.4 is 11.1 Å². The highest BCUT2D eigenvalue weighted by molar-refractivity contribution is 5.85. The molecule has 1 aliphatic heterocycles. The Morgan fingerprint density at radius 1 is 1.29 bits per heavy atom. The van der Waals surface area contributed by atoms with Crippen LogP contribution in [0, 0.1) is 5.92 Å². The van der Waals surface area contributed by atoms with Crippen molar-refractivity contribution in [3.05, 3.63) is 35.4 Å². The van der Waals surface area contributed by atoms with Gasteiger partial charge in [0.25, 0.3) is 0 Å². The summed E-state index contributed by atoms with van der Waals surface area (Å²) in [4.78, 5) is 12.2. The summed E-state index contributed by atoms with van der Waals surface area (Å²) in [7, 11) is 0. The first kappa shape index (κ1) is 20.7. The van der Waals surface area contributed by atoms with Gasteiger partial charge in [0.15, 0.2) is 0 Å². The van der Waals surface area contributed by atoms with Crippen molar-refractivity contribution in [2.24, 2.45) is 11.7 Å². The van der Waals surface area contributed by atoms with Gasteiger partial charge < -0.3 is 15.8 Å². The molecule has 24 heavy (non-hydrogen) atoms. The first-order chi connectivity index (χ1) is 10.8. The fourth-order valence-corrected chi connectivity index (χ4v) is 2.81. The molecular formula is C16H22ClF3N2O2. The first-order valence-electron chi connectivity index (χ1n) is 7.60. The average molecular weight is 367 g/mol. The van der Waals surface area contributed by atoms with Gasteiger partial charge in [-0.3, -0.25) is 4.79 Å². The fourth-order valence-electron chi connectivity index (χ4n) is 2.81. The van der Waals surface area contributed by atoms with E-state index in [2.05, 4.69) is 5.32 Å². The van der Waals surface area contributed by atoms with Gasteiger partial charge in [0.1, 0.15) is 0 Å². The monoisotopic (exact) mass is 366 g/mol. The Labute approximate surface area is 145 Å². The second-order valence-corrected chi connectivity index (χ2v) is 5.79. The standard InChI is InChI=1S/C16H21F3N2O2.ClH/c1-10(12-4-2-3-5-13(12)16(17,18)19)21-15(22)14(20)11-6-8-23-9-7-11;/h2-5,10-11,14H,6-9,20H2,1H3,(H,21,22);1H. The summed E-state index contributed by atoms with van der Waals surface area (Å²) in [6.07, 6.45) is -3.09. The van der Waals surface area contributed by atoms with Crippen molar-refractivity contribution in [3.8, 4) is 0 Å². The van der Waals surface area contributed by atoms with Crippen LogP contribution in [0.5, 0.6) is 0 Å². The van der Waals surface area contributed by atoms with Gasteiger partial charge in [-0.15, -0.1) is 12.4 Å². The lowest BCUT2D eigenvalue weighted by Gasteiger charge is -2.28. The number of rotatable bonds is 4. The van der Waals surface area contributed by atoms with E-state index in [1.54, 1.807) is 0 Å². The molecular weight excluding hydrogens is 345 g/mol. The second kappa shape index (κ2) is 8.69. The molecule has 0 spiro atoms. The second-order valence-electron chi connectivity index (χ2n) is 5.79. The molecule has 3 N–H and O–H groups in total. The summed E-state index contributed by atoms with van der Waals surface area (Å²) >= 11 is 0. The molecule has 2 rings (SSSR count). The number of nitrogens with two attached hydrogens (primary N) is 1. The molecule has 0 aromatic heterocycles. The van der Waals surface area contributed by atoms with Gasteiger partial charge in [-0.25, -0.2) is 0 Å². The number of carbonyl (C=O) groups excluding carboxylic acids is 1. The maximum atomic E-state index is 13.0. The van der Waals surface area contributed by atoms with E-state index in [1.165, 1.54) is 25.1 Å². The minimum absolute atomic E-state index is 0. The molecule has 2 unspecified atom stereocenters. The molecule has 1 aromatic carbocycles. The number of halogens is 4. The summed E-state index contributed by atoms with van der Waals surface area (Å²) in [5, 5.41) is 2.60. The zero-order valence-electron chi connectivity index (χ0n) is 13.3. The zero-order valence-corrected chi connectivity index (χ0v) is 14.1. The molecule has 8 heteroatoms. The van der Waals surface area contributed by atoms with Crippen molar-refractivity contribution in [2.75, 3.05) is 13.2 Å². The largest absolute Gasteiger partial charge is 0.416 e. The molecule has 0 aliphatic carbocycles. The van der Waals surface area contributed by atoms with Gasteiger partial charge in [0.2, 0.25) is 5.91 Å². The van der Waals surface area contributed by atoms with Crippen LogP contribution in [0.15, 0.2) is 24.3 Å². The molecule has 2 atom stereocenters. The van der Waals surface area contributed by atoms with Gasteiger partial charge in [-0.1, -0.05) is 18.2 Å². The first-order valence-corrected chi connectivity index (χ1v) is 7.60. The van der Waals surface area contributed by atoms with E-state index in [0.29, 0.717) is 26.1 Å². The molecule has 1 heterocycles. The van der Waals surface area contributed by atoms with Crippen LogP contribution in [-0.2, 0) is 15.7 Å². The molecule has 0 saturated carbocycles. The normalized spacial score (nSPS) is 18.4. The fraction of sp³-hybridized carbons (Fsp3) is 0.562. The minimum atomic E-state index is -4.46. The SMILES string of the molecule is CC(NC(=O)C(N)C1CCOCC1)c1ccccc1C(F)(F)F.Cl. The maximum Gasteiger partial charge on any atom is 0.416 e. The van der Waals surface area contributed by atoms with Crippen molar-refractivity contribution in [1.29, 1.82) is 0 Å². The Bertz CT molecular complexity index is 548. The smallest absolute Gasteiger partial charge is 0.381 e. The third kappa shape index (κ3) is 5.09. The Hall–Kier alpha value is -1.31. The van der Waals surface area contributed by atoms with E-state index < -0.39 is 29.7 Å². The molecule has 0 bridgehead atoms. The molecule has 1 fully saturated rings. The number of hydrogen-bond acceptors (Lipinski definition) is 3. The highest BCUT2D eigenvalue weighted by Gasteiger charge is 2.35. The molecule has 1 aliphatic rings. The highest BCUT2D eigenvalue weighted by atomic mass is 35.5. The van der Waals surface area contributed by atoms with Gasteiger partial charge in [0, 0.05) is 13.2 Å². The van der Waals surface area contributed by atoms with Crippen LogP contribution in [0.1, 0.15) is 36.9 Å². The van der Waals surface area contributed by atoms with Crippen LogP contribution in [0.4, 0.5) is 13.2 Å². The number of benzene rings is 1. The summed E-state index contributed by atoms with van der Waals surface area (Å²) in [6.45, 7) is 2.63. The minimum Gasteiger partial charge on any atom is -0.381 e. The number of carbonyl (C=O) groups is 1. The van der Waals surface area contributed by atoms with E-state index in [4.69, 9.17) is 10.5 Å².